The highest BCUT2D eigenvalue weighted by Crippen LogP contribution is 2.29. The van der Waals surface area contributed by atoms with E-state index in [4.69, 9.17) is 32.7 Å². The van der Waals surface area contributed by atoms with Crippen LogP contribution in [-0.2, 0) is 0 Å². The smallest absolute Gasteiger partial charge is 0.343 e. The number of methoxy groups -OCH3 is 1. The highest BCUT2D eigenvalue weighted by Gasteiger charge is 2.14. The van der Waals surface area contributed by atoms with Crippen LogP contribution in [0.1, 0.15) is 26.3 Å². The van der Waals surface area contributed by atoms with Crippen molar-refractivity contribution >= 4 is 41.3 Å². The van der Waals surface area contributed by atoms with Crippen LogP contribution in [0.5, 0.6) is 11.5 Å². The van der Waals surface area contributed by atoms with Crippen LogP contribution in [0.3, 0.4) is 0 Å². The molecule has 0 spiro atoms. The molecule has 0 radical (unpaired) electrons. The molecule has 7 nitrogen and oxygen atoms in total. The van der Waals surface area contributed by atoms with Crippen molar-refractivity contribution in [3.8, 4) is 11.5 Å². The van der Waals surface area contributed by atoms with Gasteiger partial charge < -0.3 is 9.47 Å². The number of benzene rings is 2. The van der Waals surface area contributed by atoms with Crippen molar-refractivity contribution in [1.29, 1.82) is 0 Å². The summed E-state index contributed by atoms with van der Waals surface area (Å²) in [5.74, 6) is -0.480. The zero-order valence-corrected chi connectivity index (χ0v) is 17.1. The van der Waals surface area contributed by atoms with Gasteiger partial charge in [-0.2, -0.15) is 5.10 Å². The number of carbonyl (C=O) groups excluding carboxylic acids is 2. The molecule has 0 aliphatic carbocycles. The number of aromatic nitrogens is 1. The molecule has 1 amide bonds. The quantitative estimate of drug-likeness (QED) is 0.264. The lowest BCUT2D eigenvalue weighted by molar-refractivity contribution is 0.0729. The van der Waals surface area contributed by atoms with Crippen LogP contribution in [-0.4, -0.2) is 30.2 Å². The van der Waals surface area contributed by atoms with Crippen molar-refractivity contribution in [2.24, 2.45) is 5.10 Å². The first-order valence-electron chi connectivity index (χ1n) is 8.56. The lowest BCUT2D eigenvalue weighted by Crippen LogP contribution is -2.17. The van der Waals surface area contributed by atoms with Gasteiger partial charge in [-0.1, -0.05) is 23.2 Å². The number of nitrogens with one attached hydrogen (secondary N) is 1. The fourth-order valence-corrected chi connectivity index (χ4v) is 2.66. The second-order valence-electron chi connectivity index (χ2n) is 5.87. The van der Waals surface area contributed by atoms with Crippen LogP contribution in [0.2, 0.25) is 10.0 Å². The predicted molar refractivity (Wildman–Crippen MR) is 114 cm³/mol. The average Bonchev–Trinajstić information content (AvgIpc) is 2.77. The number of hydrogen-bond acceptors (Lipinski definition) is 6. The predicted octanol–water partition coefficient (Wildman–Crippen LogP) is 4.38. The number of esters is 1. The van der Waals surface area contributed by atoms with Crippen LogP contribution in [0, 0.1) is 0 Å². The van der Waals surface area contributed by atoms with Gasteiger partial charge in [0.2, 0.25) is 0 Å². The Balaban J connectivity index is 1.69. The fraction of sp³-hybridized carbons (Fsp3) is 0.0476. The largest absolute Gasteiger partial charge is 0.493 e. The van der Waals surface area contributed by atoms with Gasteiger partial charge in [0.05, 0.1) is 34.5 Å². The number of carbonyl (C=O) groups is 2. The number of hydrogen-bond donors (Lipinski definition) is 1. The van der Waals surface area contributed by atoms with Crippen molar-refractivity contribution in [3.63, 3.8) is 0 Å². The van der Waals surface area contributed by atoms with Gasteiger partial charge in [-0.15, -0.1) is 0 Å². The zero-order chi connectivity index (χ0) is 21.5. The van der Waals surface area contributed by atoms with E-state index in [0.29, 0.717) is 21.9 Å². The minimum absolute atomic E-state index is 0.213. The molecule has 3 rings (SSSR count). The molecule has 3 aromatic rings. The maximum absolute atomic E-state index is 12.4. The van der Waals surface area contributed by atoms with E-state index < -0.39 is 11.9 Å². The Morgan fingerprint density at radius 3 is 2.57 bits per heavy atom. The van der Waals surface area contributed by atoms with Crippen LogP contribution in [0.4, 0.5) is 0 Å². The third-order valence-corrected chi connectivity index (χ3v) is 4.59. The Labute approximate surface area is 182 Å². The maximum Gasteiger partial charge on any atom is 0.343 e. The molecule has 1 aromatic heterocycles. The number of nitrogens with zero attached hydrogens (tertiary/aromatic N) is 2. The molecule has 0 saturated heterocycles. The number of halogens is 2. The van der Waals surface area contributed by atoms with Gasteiger partial charge >= 0.3 is 5.97 Å². The van der Waals surface area contributed by atoms with E-state index in [9.17, 15) is 9.59 Å². The van der Waals surface area contributed by atoms with Crippen molar-refractivity contribution in [2.45, 2.75) is 0 Å². The lowest BCUT2D eigenvalue weighted by Gasteiger charge is -2.10. The van der Waals surface area contributed by atoms with E-state index in [-0.39, 0.29) is 16.3 Å². The van der Waals surface area contributed by atoms with Gasteiger partial charge in [-0.3, -0.25) is 9.78 Å². The van der Waals surface area contributed by atoms with E-state index >= 15 is 0 Å². The number of pyridine rings is 1. The van der Waals surface area contributed by atoms with Crippen molar-refractivity contribution in [1.82, 2.24) is 10.4 Å². The SMILES string of the molecule is COc1cc(/C=N/NC(=O)c2cccnc2)ccc1OC(=O)c1ccc(Cl)c(Cl)c1. The van der Waals surface area contributed by atoms with E-state index in [1.165, 1.54) is 37.7 Å². The monoisotopic (exact) mass is 443 g/mol. The minimum Gasteiger partial charge on any atom is -0.493 e. The second-order valence-corrected chi connectivity index (χ2v) is 6.68. The van der Waals surface area contributed by atoms with Crippen molar-refractivity contribution in [2.75, 3.05) is 7.11 Å². The van der Waals surface area contributed by atoms with Crippen LogP contribution < -0.4 is 14.9 Å². The number of amides is 1. The number of hydrazone groups is 1. The maximum atomic E-state index is 12.4. The zero-order valence-electron chi connectivity index (χ0n) is 15.6. The molecule has 2 aromatic carbocycles. The standard InChI is InChI=1S/C21H15Cl2N3O4/c1-29-19-9-13(11-25-26-20(27)15-3-2-8-24-12-15)4-7-18(19)30-21(28)14-5-6-16(22)17(23)10-14/h2-12H,1H3,(H,26,27)/b25-11+. The van der Waals surface area contributed by atoms with Crippen LogP contribution in [0.25, 0.3) is 0 Å². The summed E-state index contributed by atoms with van der Waals surface area (Å²) in [6.07, 6.45) is 4.44. The summed E-state index contributed by atoms with van der Waals surface area (Å²) in [7, 11) is 1.44. The van der Waals surface area contributed by atoms with Crippen LogP contribution in [0.15, 0.2) is 66.0 Å². The van der Waals surface area contributed by atoms with Gasteiger partial charge in [0, 0.05) is 12.4 Å². The Morgan fingerprint density at radius 1 is 1.03 bits per heavy atom. The molecule has 0 unspecified atom stereocenters. The molecule has 0 aliphatic rings. The van der Waals surface area contributed by atoms with E-state index in [0.717, 1.165) is 0 Å². The van der Waals surface area contributed by atoms with Crippen molar-refractivity contribution in [3.05, 3.63) is 87.7 Å². The van der Waals surface area contributed by atoms with E-state index in [1.807, 2.05) is 0 Å². The topological polar surface area (TPSA) is 89.9 Å². The summed E-state index contributed by atoms with van der Waals surface area (Å²) in [6, 6.07) is 12.5. The van der Waals surface area contributed by atoms with Gasteiger partial charge in [-0.25, -0.2) is 10.2 Å². The van der Waals surface area contributed by atoms with Gasteiger partial charge in [-0.05, 0) is 54.1 Å². The second kappa shape index (κ2) is 9.87. The molecule has 0 atom stereocenters. The molecular weight excluding hydrogens is 429 g/mol. The fourth-order valence-electron chi connectivity index (χ4n) is 2.36. The number of rotatable bonds is 6. The molecule has 9 heteroatoms. The summed E-state index contributed by atoms with van der Waals surface area (Å²) in [4.78, 5) is 28.2. The molecule has 152 valence electrons. The normalized spacial score (nSPS) is 10.6. The molecule has 0 aliphatic heterocycles. The van der Waals surface area contributed by atoms with Gasteiger partial charge in [0.15, 0.2) is 11.5 Å². The summed E-state index contributed by atoms with van der Waals surface area (Å²) in [6.45, 7) is 0. The van der Waals surface area contributed by atoms with E-state index in [1.54, 1.807) is 36.5 Å². The summed E-state index contributed by atoms with van der Waals surface area (Å²) < 4.78 is 10.7. The lowest BCUT2D eigenvalue weighted by atomic mass is 10.2. The minimum atomic E-state index is -0.614. The third-order valence-electron chi connectivity index (χ3n) is 3.85. The molecular formula is C21H15Cl2N3O4. The first-order valence-corrected chi connectivity index (χ1v) is 9.32. The third kappa shape index (κ3) is 5.34. The Kier molecular flexibility index (Phi) is 7.00. The summed E-state index contributed by atoms with van der Waals surface area (Å²) in [5, 5.41) is 4.49. The summed E-state index contributed by atoms with van der Waals surface area (Å²) >= 11 is 11.8. The highest BCUT2D eigenvalue weighted by atomic mass is 35.5. The molecule has 1 heterocycles. The van der Waals surface area contributed by atoms with Crippen molar-refractivity contribution < 1.29 is 19.1 Å². The van der Waals surface area contributed by atoms with Gasteiger partial charge in [0.1, 0.15) is 0 Å². The molecule has 30 heavy (non-hydrogen) atoms. The number of ether oxygens (including phenoxy) is 2. The molecule has 0 bridgehead atoms. The van der Waals surface area contributed by atoms with E-state index in [2.05, 4.69) is 15.5 Å². The first kappa shape index (κ1) is 21.3. The Morgan fingerprint density at radius 2 is 1.87 bits per heavy atom. The molecule has 0 saturated carbocycles. The summed E-state index contributed by atoms with van der Waals surface area (Å²) in [5.41, 5.74) is 3.65. The molecule has 1 N–H and O–H groups in total. The van der Waals surface area contributed by atoms with Gasteiger partial charge in [0.25, 0.3) is 5.91 Å². The first-order chi connectivity index (χ1) is 14.5. The average molecular weight is 444 g/mol. The molecule has 0 fully saturated rings. The Hall–Kier alpha value is -3.42. The van der Waals surface area contributed by atoms with Crippen LogP contribution >= 0.6 is 23.2 Å². The highest BCUT2D eigenvalue weighted by molar-refractivity contribution is 6.42. The Bertz CT molecular complexity index is 1100.